The molecule has 3 aromatic rings. The summed E-state index contributed by atoms with van der Waals surface area (Å²) in [6.07, 6.45) is 3.39. The van der Waals surface area contributed by atoms with E-state index in [4.69, 9.17) is 10.5 Å². The van der Waals surface area contributed by atoms with Crippen molar-refractivity contribution in [2.75, 3.05) is 18.2 Å². The first-order valence-electron chi connectivity index (χ1n) is 7.47. The Morgan fingerprint density at radius 3 is 2.75 bits per heavy atom. The van der Waals surface area contributed by atoms with Crippen molar-refractivity contribution in [2.24, 2.45) is 0 Å². The zero-order valence-electron chi connectivity index (χ0n) is 13.3. The van der Waals surface area contributed by atoms with E-state index in [0.717, 1.165) is 5.56 Å². The van der Waals surface area contributed by atoms with E-state index in [1.807, 2.05) is 30.3 Å². The minimum Gasteiger partial charge on any atom is -0.494 e. The number of anilines is 2. The molecule has 6 nitrogen and oxygen atoms in total. The van der Waals surface area contributed by atoms with E-state index in [2.05, 4.69) is 10.4 Å². The Morgan fingerprint density at radius 1 is 1.21 bits per heavy atom. The van der Waals surface area contributed by atoms with Gasteiger partial charge in [0.25, 0.3) is 5.91 Å². The third kappa shape index (κ3) is 3.38. The van der Waals surface area contributed by atoms with Crippen molar-refractivity contribution in [3.05, 3.63) is 72.1 Å². The number of nitrogens with one attached hydrogen (secondary N) is 1. The molecule has 0 fully saturated rings. The second-order valence-electron chi connectivity index (χ2n) is 5.29. The summed E-state index contributed by atoms with van der Waals surface area (Å²) in [6, 6.07) is 15.0. The third-order valence-corrected chi connectivity index (χ3v) is 3.57. The fraction of sp³-hybridized carbons (Fsp3) is 0.111. The van der Waals surface area contributed by atoms with Gasteiger partial charge in [0.15, 0.2) is 5.75 Å². The van der Waals surface area contributed by atoms with E-state index in [1.54, 1.807) is 35.3 Å². The van der Waals surface area contributed by atoms with Crippen molar-refractivity contribution in [1.29, 1.82) is 0 Å². The monoisotopic (exact) mass is 322 g/mol. The topological polar surface area (TPSA) is 82.2 Å². The summed E-state index contributed by atoms with van der Waals surface area (Å²) in [5.41, 5.74) is 8.38. The highest BCUT2D eigenvalue weighted by molar-refractivity contribution is 6.07. The number of carbonyl (C=O) groups is 1. The second-order valence-corrected chi connectivity index (χ2v) is 5.29. The van der Waals surface area contributed by atoms with Crippen LogP contribution in [-0.4, -0.2) is 22.8 Å². The number of hydrogen-bond donors (Lipinski definition) is 2. The SMILES string of the molecule is COc1c(N)cccc1C(=O)Nc1cnn(Cc2ccccc2)c1. The second kappa shape index (κ2) is 6.87. The number of carbonyl (C=O) groups excluding carboxylic acids is 1. The zero-order chi connectivity index (χ0) is 16.9. The average Bonchev–Trinajstić information content (AvgIpc) is 3.02. The molecule has 0 aliphatic rings. The van der Waals surface area contributed by atoms with Crippen LogP contribution in [-0.2, 0) is 6.54 Å². The van der Waals surface area contributed by atoms with Gasteiger partial charge in [0.1, 0.15) is 0 Å². The first-order valence-corrected chi connectivity index (χ1v) is 7.47. The Morgan fingerprint density at radius 2 is 2.00 bits per heavy atom. The fourth-order valence-electron chi connectivity index (χ4n) is 2.44. The average molecular weight is 322 g/mol. The number of methoxy groups -OCH3 is 1. The molecule has 0 atom stereocenters. The zero-order valence-corrected chi connectivity index (χ0v) is 13.3. The van der Waals surface area contributed by atoms with Crippen molar-refractivity contribution >= 4 is 17.3 Å². The van der Waals surface area contributed by atoms with E-state index in [9.17, 15) is 4.79 Å². The highest BCUT2D eigenvalue weighted by Gasteiger charge is 2.15. The largest absolute Gasteiger partial charge is 0.494 e. The van der Waals surface area contributed by atoms with Crippen LogP contribution >= 0.6 is 0 Å². The number of amides is 1. The molecule has 1 aromatic heterocycles. The van der Waals surface area contributed by atoms with Crippen molar-refractivity contribution in [1.82, 2.24) is 9.78 Å². The molecule has 0 unspecified atom stereocenters. The smallest absolute Gasteiger partial charge is 0.259 e. The van der Waals surface area contributed by atoms with Gasteiger partial charge in [-0.15, -0.1) is 0 Å². The standard InChI is InChI=1S/C18H18N4O2/c1-24-17-15(8-5-9-16(17)19)18(23)21-14-10-20-22(12-14)11-13-6-3-2-4-7-13/h2-10,12H,11,19H2,1H3,(H,21,23). The highest BCUT2D eigenvalue weighted by atomic mass is 16.5. The van der Waals surface area contributed by atoms with Gasteiger partial charge in [-0.25, -0.2) is 0 Å². The van der Waals surface area contributed by atoms with Gasteiger partial charge in [0, 0.05) is 6.20 Å². The summed E-state index contributed by atoms with van der Waals surface area (Å²) in [6.45, 7) is 0.637. The van der Waals surface area contributed by atoms with Gasteiger partial charge in [0.05, 0.1) is 36.8 Å². The van der Waals surface area contributed by atoms with E-state index in [1.165, 1.54) is 7.11 Å². The minimum atomic E-state index is -0.293. The number of nitrogens with zero attached hydrogens (tertiary/aromatic N) is 2. The molecular weight excluding hydrogens is 304 g/mol. The van der Waals surface area contributed by atoms with E-state index in [-0.39, 0.29) is 5.91 Å². The molecule has 122 valence electrons. The summed E-state index contributed by atoms with van der Waals surface area (Å²) in [4.78, 5) is 12.4. The van der Waals surface area contributed by atoms with Crippen LogP contribution in [0.25, 0.3) is 0 Å². The lowest BCUT2D eigenvalue weighted by molar-refractivity contribution is 0.102. The van der Waals surface area contributed by atoms with Gasteiger partial charge in [-0.05, 0) is 17.7 Å². The third-order valence-electron chi connectivity index (χ3n) is 3.57. The molecule has 2 aromatic carbocycles. The lowest BCUT2D eigenvalue weighted by atomic mass is 10.1. The van der Waals surface area contributed by atoms with Gasteiger partial charge in [-0.3, -0.25) is 9.48 Å². The number of rotatable bonds is 5. The van der Waals surface area contributed by atoms with Crippen molar-refractivity contribution < 1.29 is 9.53 Å². The van der Waals surface area contributed by atoms with Crippen molar-refractivity contribution in [3.8, 4) is 5.75 Å². The van der Waals surface area contributed by atoms with Crippen LogP contribution in [0.1, 0.15) is 15.9 Å². The van der Waals surface area contributed by atoms with Crippen LogP contribution in [0.5, 0.6) is 5.75 Å². The van der Waals surface area contributed by atoms with Gasteiger partial charge in [-0.1, -0.05) is 36.4 Å². The predicted octanol–water partition coefficient (Wildman–Crippen LogP) is 2.77. The molecule has 0 aliphatic heterocycles. The van der Waals surface area contributed by atoms with Crippen LogP contribution in [0.15, 0.2) is 60.9 Å². The van der Waals surface area contributed by atoms with Crippen LogP contribution in [0.4, 0.5) is 11.4 Å². The van der Waals surface area contributed by atoms with Gasteiger partial charge >= 0.3 is 0 Å². The van der Waals surface area contributed by atoms with Gasteiger partial charge in [-0.2, -0.15) is 5.10 Å². The van der Waals surface area contributed by atoms with Crippen LogP contribution in [0.3, 0.4) is 0 Å². The summed E-state index contributed by atoms with van der Waals surface area (Å²) < 4.78 is 6.98. The fourth-order valence-corrected chi connectivity index (χ4v) is 2.44. The Balaban J connectivity index is 1.73. The number of aromatic nitrogens is 2. The number of hydrogen-bond acceptors (Lipinski definition) is 4. The maximum Gasteiger partial charge on any atom is 0.259 e. The van der Waals surface area contributed by atoms with Gasteiger partial charge < -0.3 is 15.8 Å². The molecule has 0 bridgehead atoms. The summed E-state index contributed by atoms with van der Waals surface area (Å²) in [5, 5.41) is 7.07. The molecule has 24 heavy (non-hydrogen) atoms. The molecule has 0 saturated heterocycles. The predicted molar refractivity (Wildman–Crippen MR) is 93.1 cm³/mol. The van der Waals surface area contributed by atoms with Crippen LogP contribution in [0.2, 0.25) is 0 Å². The molecule has 3 rings (SSSR count). The number of nitrogens with two attached hydrogens (primary N) is 1. The Labute approximate surface area is 139 Å². The number of ether oxygens (including phenoxy) is 1. The Hall–Kier alpha value is -3.28. The normalized spacial score (nSPS) is 10.4. The molecule has 0 radical (unpaired) electrons. The molecule has 6 heteroatoms. The molecule has 1 amide bonds. The maximum absolute atomic E-state index is 12.4. The molecule has 3 N–H and O–H groups in total. The van der Waals surface area contributed by atoms with Crippen molar-refractivity contribution in [2.45, 2.75) is 6.54 Å². The van der Waals surface area contributed by atoms with Crippen LogP contribution < -0.4 is 15.8 Å². The van der Waals surface area contributed by atoms with Gasteiger partial charge in [0.2, 0.25) is 0 Å². The van der Waals surface area contributed by atoms with E-state index < -0.39 is 0 Å². The number of para-hydroxylation sites is 1. The van der Waals surface area contributed by atoms with Crippen molar-refractivity contribution in [3.63, 3.8) is 0 Å². The molecule has 0 aliphatic carbocycles. The lowest BCUT2D eigenvalue weighted by Crippen LogP contribution is -2.13. The first-order chi connectivity index (χ1) is 11.7. The Kier molecular flexibility index (Phi) is 4.47. The highest BCUT2D eigenvalue weighted by Crippen LogP contribution is 2.26. The van der Waals surface area contributed by atoms with E-state index >= 15 is 0 Å². The summed E-state index contributed by atoms with van der Waals surface area (Å²) >= 11 is 0. The molecule has 1 heterocycles. The minimum absolute atomic E-state index is 0.293. The van der Waals surface area contributed by atoms with E-state index in [0.29, 0.717) is 29.2 Å². The Bertz CT molecular complexity index is 843. The molecule has 0 spiro atoms. The quantitative estimate of drug-likeness (QED) is 0.708. The summed E-state index contributed by atoms with van der Waals surface area (Å²) in [7, 11) is 1.49. The molecular formula is C18H18N4O2. The number of nitrogen functional groups attached to an aromatic ring is 1. The lowest BCUT2D eigenvalue weighted by Gasteiger charge is -2.10. The van der Waals surface area contributed by atoms with Crippen LogP contribution in [0, 0.1) is 0 Å². The molecule has 0 saturated carbocycles. The summed E-state index contributed by atoms with van der Waals surface area (Å²) in [5.74, 6) is 0.0742. The first kappa shape index (κ1) is 15.6. The number of benzene rings is 2. The maximum atomic E-state index is 12.4.